The molecule has 20 heavy (non-hydrogen) atoms. The number of nitrogens with zero attached hydrogens (tertiary/aromatic N) is 3. The quantitative estimate of drug-likeness (QED) is 0.783. The zero-order valence-electron chi connectivity index (χ0n) is 11.1. The van der Waals surface area contributed by atoms with E-state index in [0.717, 1.165) is 30.5 Å². The van der Waals surface area contributed by atoms with Crippen LogP contribution in [-0.2, 0) is 13.1 Å². The van der Waals surface area contributed by atoms with E-state index in [9.17, 15) is 0 Å². The van der Waals surface area contributed by atoms with Gasteiger partial charge in [0.2, 0.25) is 0 Å². The van der Waals surface area contributed by atoms with Gasteiger partial charge >= 0.3 is 0 Å². The van der Waals surface area contributed by atoms with Crippen molar-refractivity contribution in [2.24, 2.45) is 0 Å². The third kappa shape index (κ3) is 2.34. The van der Waals surface area contributed by atoms with Gasteiger partial charge in [-0.1, -0.05) is 6.07 Å². The summed E-state index contributed by atoms with van der Waals surface area (Å²) >= 11 is 1.90. The van der Waals surface area contributed by atoms with Crippen LogP contribution in [0.1, 0.15) is 35.0 Å². The van der Waals surface area contributed by atoms with Gasteiger partial charge in [-0.3, -0.25) is 4.40 Å². The van der Waals surface area contributed by atoms with E-state index < -0.39 is 0 Å². The fraction of sp³-hybridized carbons (Fsp3) is 0.333. The molecule has 0 bridgehead atoms. The van der Waals surface area contributed by atoms with Crippen molar-refractivity contribution in [1.29, 1.82) is 0 Å². The number of nitrogens with one attached hydrogen (secondary N) is 1. The molecule has 4 nitrogen and oxygen atoms in total. The van der Waals surface area contributed by atoms with Gasteiger partial charge in [-0.25, -0.2) is 0 Å². The second-order valence-electron chi connectivity index (χ2n) is 5.28. The van der Waals surface area contributed by atoms with Crippen LogP contribution in [0.5, 0.6) is 0 Å². The minimum Gasteiger partial charge on any atom is -0.306 e. The molecular weight excluding hydrogens is 268 g/mol. The molecule has 1 saturated carbocycles. The molecule has 0 unspecified atom stereocenters. The molecule has 1 N–H and O–H groups in total. The highest BCUT2D eigenvalue weighted by atomic mass is 32.1. The molecule has 0 aromatic carbocycles. The lowest BCUT2D eigenvalue weighted by molar-refractivity contribution is 0.657. The van der Waals surface area contributed by atoms with Gasteiger partial charge in [0.15, 0.2) is 11.5 Å². The van der Waals surface area contributed by atoms with Crippen molar-refractivity contribution in [2.45, 2.75) is 31.8 Å². The second-order valence-corrected chi connectivity index (χ2v) is 6.22. The fourth-order valence-electron chi connectivity index (χ4n) is 2.40. The van der Waals surface area contributed by atoms with E-state index in [1.54, 1.807) is 4.88 Å². The third-order valence-electron chi connectivity index (χ3n) is 3.65. The minimum atomic E-state index is 0.736. The summed E-state index contributed by atoms with van der Waals surface area (Å²) in [5.74, 6) is 1.81. The van der Waals surface area contributed by atoms with Gasteiger partial charge in [0, 0.05) is 17.6 Å². The lowest BCUT2D eigenvalue weighted by Crippen LogP contribution is -2.14. The Labute approximate surface area is 121 Å². The Bertz CT molecular complexity index is 726. The maximum absolute atomic E-state index is 4.22. The van der Waals surface area contributed by atoms with Gasteiger partial charge in [0.25, 0.3) is 0 Å². The molecule has 1 fully saturated rings. The van der Waals surface area contributed by atoms with Crippen LogP contribution >= 0.6 is 11.3 Å². The first-order chi connectivity index (χ1) is 9.90. The Morgan fingerprint density at radius 3 is 3.10 bits per heavy atom. The minimum absolute atomic E-state index is 0.736. The Morgan fingerprint density at radius 2 is 2.20 bits per heavy atom. The fourth-order valence-corrected chi connectivity index (χ4v) is 3.49. The molecule has 1 aliphatic carbocycles. The lowest BCUT2D eigenvalue weighted by Gasteiger charge is -2.02. The van der Waals surface area contributed by atoms with Crippen molar-refractivity contribution in [3.05, 3.63) is 52.1 Å². The van der Waals surface area contributed by atoms with Gasteiger partial charge in [0.05, 0.1) is 6.54 Å². The maximum Gasteiger partial charge on any atom is 0.160 e. The van der Waals surface area contributed by atoms with E-state index in [1.165, 1.54) is 18.4 Å². The molecule has 0 amide bonds. The van der Waals surface area contributed by atoms with Crippen LogP contribution in [0.3, 0.4) is 0 Å². The number of hydrogen-bond acceptors (Lipinski definition) is 4. The first kappa shape index (κ1) is 12.1. The monoisotopic (exact) mass is 284 g/mol. The number of pyridine rings is 1. The zero-order chi connectivity index (χ0) is 13.4. The number of hydrogen-bond donors (Lipinski definition) is 1. The van der Waals surface area contributed by atoms with Crippen LogP contribution in [0.25, 0.3) is 5.65 Å². The number of aromatic nitrogens is 3. The highest BCUT2D eigenvalue weighted by Gasteiger charge is 2.24. The van der Waals surface area contributed by atoms with Crippen molar-refractivity contribution in [2.75, 3.05) is 0 Å². The standard InChI is InChI=1S/C15H16N4S/c1-2-6-19-14(3-1)17-18-15(19)9-16-8-11-7-13(20-10-11)12-4-5-12/h1-3,6-7,10,12,16H,4-5,8-9H2. The summed E-state index contributed by atoms with van der Waals surface area (Å²) in [6, 6.07) is 8.29. The molecule has 0 atom stereocenters. The summed E-state index contributed by atoms with van der Waals surface area (Å²) in [6.07, 6.45) is 4.75. The predicted octanol–water partition coefficient (Wildman–Crippen LogP) is 2.96. The van der Waals surface area contributed by atoms with Gasteiger partial charge in [-0.05, 0) is 47.9 Å². The number of rotatable bonds is 5. The zero-order valence-corrected chi connectivity index (χ0v) is 11.9. The smallest absolute Gasteiger partial charge is 0.160 e. The molecule has 3 aromatic heterocycles. The summed E-state index contributed by atoms with van der Waals surface area (Å²) in [5, 5.41) is 14.1. The van der Waals surface area contributed by atoms with Crippen molar-refractivity contribution < 1.29 is 0 Å². The molecule has 102 valence electrons. The molecule has 0 saturated heterocycles. The van der Waals surface area contributed by atoms with Gasteiger partial charge < -0.3 is 5.32 Å². The third-order valence-corrected chi connectivity index (χ3v) is 4.79. The maximum atomic E-state index is 4.22. The number of thiophene rings is 1. The molecule has 0 aliphatic heterocycles. The summed E-state index contributed by atoms with van der Waals surface area (Å²) in [6.45, 7) is 1.63. The highest BCUT2D eigenvalue weighted by molar-refractivity contribution is 7.10. The van der Waals surface area contributed by atoms with E-state index in [1.807, 2.05) is 40.1 Å². The highest BCUT2D eigenvalue weighted by Crippen LogP contribution is 2.42. The van der Waals surface area contributed by atoms with Crippen molar-refractivity contribution in [3.8, 4) is 0 Å². The van der Waals surface area contributed by atoms with Crippen molar-refractivity contribution in [1.82, 2.24) is 19.9 Å². The molecule has 0 radical (unpaired) electrons. The Balaban J connectivity index is 1.40. The van der Waals surface area contributed by atoms with E-state index in [4.69, 9.17) is 0 Å². The predicted molar refractivity (Wildman–Crippen MR) is 79.8 cm³/mol. The Kier molecular flexibility index (Phi) is 3.01. The molecule has 1 aliphatic rings. The summed E-state index contributed by atoms with van der Waals surface area (Å²) < 4.78 is 2.02. The number of fused-ring (bicyclic) bond motifs is 1. The molecule has 4 rings (SSSR count). The van der Waals surface area contributed by atoms with Crippen molar-refractivity contribution in [3.63, 3.8) is 0 Å². The van der Waals surface area contributed by atoms with Crippen LogP contribution < -0.4 is 5.32 Å². The van der Waals surface area contributed by atoms with Gasteiger partial charge in [-0.2, -0.15) is 0 Å². The molecule has 5 heteroatoms. The van der Waals surface area contributed by atoms with Gasteiger partial charge in [0.1, 0.15) is 0 Å². The Morgan fingerprint density at radius 1 is 1.25 bits per heavy atom. The molecular formula is C15H16N4S. The van der Waals surface area contributed by atoms with Gasteiger partial charge in [-0.15, -0.1) is 21.5 Å². The topological polar surface area (TPSA) is 42.2 Å². The normalized spacial score (nSPS) is 15.0. The summed E-state index contributed by atoms with van der Waals surface area (Å²) in [7, 11) is 0. The van der Waals surface area contributed by atoms with Crippen LogP contribution in [0.2, 0.25) is 0 Å². The largest absolute Gasteiger partial charge is 0.306 e. The van der Waals surface area contributed by atoms with Crippen LogP contribution in [0.4, 0.5) is 0 Å². The van der Waals surface area contributed by atoms with Crippen LogP contribution in [0, 0.1) is 0 Å². The summed E-state index contributed by atoms with van der Waals surface area (Å²) in [4.78, 5) is 1.55. The SMILES string of the molecule is c1ccn2c(CNCc3csc(C4CC4)c3)nnc2c1. The van der Waals surface area contributed by atoms with Crippen molar-refractivity contribution >= 4 is 17.0 Å². The Hall–Kier alpha value is -1.72. The first-order valence-electron chi connectivity index (χ1n) is 6.97. The summed E-state index contributed by atoms with van der Waals surface area (Å²) in [5.41, 5.74) is 2.28. The van der Waals surface area contributed by atoms with E-state index in [2.05, 4.69) is 27.0 Å². The average Bonchev–Trinajstić information content (AvgIpc) is 3.09. The lowest BCUT2D eigenvalue weighted by atomic mass is 10.2. The molecule has 3 aromatic rings. The average molecular weight is 284 g/mol. The van der Waals surface area contributed by atoms with E-state index in [-0.39, 0.29) is 0 Å². The van der Waals surface area contributed by atoms with Crippen LogP contribution in [-0.4, -0.2) is 14.6 Å². The van der Waals surface area contributed by atoms with E-state index >= 15 is 0 Å². The molecule has 3 heterocycles. The van der Waals surface area contributed by atoms with E-state index in [0.29, 0.717) is 0 Å². The van der Waals surface area contributed by atoms with Crippen LogP contribution in [0.15, 0.2) is 35.8 Å². The molecule has 0 spiro atoms. The first-order valence-corrected chi connectivity index (χ1v) is 7.85. The second kappa shape index (κ2) is 5.00.